The molecule has 1 heterocycles. The van der Waals surface area contributed by atoms with E-state index in [9.17, 15) is 9.18 Å². The van der Waals surface area contributed by atoms with Gasteiger partial charge in [0.1, 0.15) is 11.5 Å². The van der Waals surface area contributed by atoms with E-state index in [1.54, 1.807) is 25.1 Å². The summed E-state index contributed by atoms with van der Waals surface area (Å²) < 4.78 is 12.9. The second-order valence-corrected chi connectivity index (χ2v) is 5.86. The van der Waals surface area contributed by atoms with Gasteiger partial charge in [-0.1, -0.05) is 43.3 Å². The Hall–Kier alpha value is -3.28. The number of nitrogens with one attached hydrogen (secondary N) is 2. The van der Waals surface area contributed by atoms with Crippen LogP contribution in [0.2, 0.25) is 0 Å². The number of aromatic amines is 1. The molecule has 1 aromatic heterocycles. The Labute approximate surface area is 151 Å². The van der Waals surface area contributed by atoms with Gasteiger partial charge in [0, 0.05) is 5.56 Å². The summed E-state index contributed by atoms with van der Waals surface area (Å²) in [5.41, 5.74) is 6.97. The predicted molar refractivity (Wildman–Crippen MR) is 99.5 cm³/mol. The number of carbonyl (C=O) groups excluding carboxylic acids is 1. The summed E-state index contributed by atoms with van der Waals surface area (Å²) >= 11 is 0. The highest BCUT2D eigenvalue weighted by Gasteiger charge is 2.11. The molecular weight excluding hydrogens is 331 g/mol. The molecule has 2 N–H and O–H groups in total. The van der Waals surface area contributed by atoms with Gasteiger partial charge in [-0.2, -0.15) is 10.2 Å². The van der Waals surface area contributed by atoms with Crippen LogP contribution in [-0.4, -0.2) is 21.8 Å². The van der Waals surface area contributed by atoms with Gasteiger partial charge in [-0.3, -0.25) is 9.89 Å². The third-order valence-corrected chi connectivity index (χ3v) is 4.07. The summed E-state index contributed by atoms with van der Waals surface area (Å²) in [6, 6.07) is 15.6. The van der Waals surface area contributed by atoms with Gasteiger partial charge in [-0.15, -0.1) is 0 Å². The lowest BCUT2D eigenvalue weighted by molar-refractivity contribution is 0.0950. The zero-order chi connectivity index (χ0) is 18.5. The van der Waals surface area contributed by atoms with Crippen molar-refractivity contribution in [3.8, 4) is 11.3 Å². The molecule has 0 aliphatic heterocycles. The Kier molecular flexibility index (Phi) is 5.22. The normalized spacial score (nSPS) is 11.4. The van der Waals surface area contributed by atoms with Crippen LogP contribution in [0.3, 0.4) is 0 Å². The third-order valence-electron chi connectivity index (χ3n) is 4.07. The number of halogens is 1. The Morgan fingerprint density at radius 3 is 2.50 bits per heavy atom. The van der Waals surface area contributed by atoms with E-state index in [1.807, 2.05) is 24.3 Å². The summed E-state index contributed by atoms with van der Waals surface area (Å²) in [7, 11) is 0. The maximum absolute atomic E-state index is 12.9. The Morgan fingerprint density at radius 1 is 1.15 bits per heavy atom. The molecule has 0 aliphatic carbocycles. The monoisotopic (exact) mass is 350 g/mol. The lowest BCUT2D eigenvalue weighted by Crippen LogP contribution is -2.19. The zero-order valence-corrected chi connectivity index (χ0v) is 14.6. The van der Waals surface area contributed by atoms with Gasteiger partial charge < -0.3 is 0 Å². The van der Waals surface area contributed by atoms with Crippen molar-refractivity contribution >= 4 is 11.6 Å². The van der Waals surface area contributed by atoms with Crippen molar-refractivity contribution < 1.29 is 9.18 Å². The number of aromatic nitrogens is 2. The fraction of sp³-hybridized carbons (Fsp3) is 0.150. The molecule has 6 heteroatoms. The van der Waals surface area contributed by atoms with E-state index in [0.717, 1.165) is 17.5 Å². The van der Waals surface area contributed by atoms with Gasteiger partial charge in [0.15, 0.2) is 0 Å². The minimum Gasteiger partial charge on any atom is -0.272 e. The van der Waals surface area contributed by atoms with Crippen molar-refractivity contribution in [2.75, 3.05) is 0 Å². The summed E-state index contributed by atoms with van der Waals surface area (Å²) in [4.78, 5) is 12.2. The summed E-state index contributed by atoms with van der Waals surface area (Å²) in [6.45, 7) is 3.83. The highest BCUT2D eigenvalue weighted by Crippen LogP contribution is 2.18. The van der Waals surface area contributed by atoms with E-state index >= 15 is 0 Å². The second kappa shape index (κ2) is 7.74. The van der Waals surface area contributed by atoms with E-state index in [0.29, 0.717) is 17.1 Å². The maximum atomic E-state index is 12.9. The molecule has 0 unspecified atom stereocenters. The fourth-order valence-corrected chi connectivity index (χ4v) is 2.45. The lowest BCUT2D eigenvalue weighted by Gasteiger charge is -2.01. The van der Waals surface area contributed by atoms with Crippen molar-refractivity contribution in [1.82, 2.24) is 15.6 Å². The molecule has 5 nitrogen and oxygen atoms in total. The number of hydrogen-bond acceptors (Lipinski definition) is 3. The number of benzene rings is 2. The SMILES string of the molecule is CCc1ccc(-c2cc(C(=O)NN=C(C)c3ccc(F)cc3)[nH]n2)cc1. The van der Waals surface area contributed by atoms with Crippen LogP contribution >= 0.6 is 0 Å². The van der Waals surface area contributed by atoms with Crippen LogP contribution in [0.1, 0.15) is 35.5 Å². The standard InChI is InChI=1S/C20H19FN4O/c1-3-14-4-6-16(7-5-14)18-12-19(24-23-18)20(26)25-22-13(2)15-8-10-17(21)11-9-15/h4-12H,3H2,1-2H3,(H,23,24)(H,25,26). The van der Waals surface area contributed by atoms with Crippen LogP contribution in [0.25, 0.3) is 11.3 Å². The van der Waals surface area contributed by atoms with Crippen LogP contribution in [-0.2, 0) is 6.42 Å². The quantitative estimate of drug-likeness (QED) is 0.541. The molecule has 132 valence electrons. The molecular formula is C20H19FN4O. The first kappa shape index (κ1) is 17.5. The molecule has 0 aliphatic rings. The molecule has 0 bridgehead atoms. The van der Waals surface area contributed by atoms with Crippen LogP contribution < -0.4 is 5.43 Å². The van der Waals surface area contributed by atoms with Crippen molar-refractivity contribution in [3.63, 3.8) is 0 Å². The van der Waals surface area contributed by atoms with E-state index < -0.39 is 5.91 Å². The minimum atomic E-state index is -0.393. The Balaban J connectivity index is 1.69. The van der Waals surface area contributed by atoms with Crippen LogP contribution in [0.15, 0.2) is 59.7 Å². The molecule has 0 saturated carbocycles. The number of aryl methyl sites for hydroxylation is 1. The van der Waals surface area contributed by atoms with Crippen LogP contribution in [0, 0.1) is 5.82 Å². The number of carbonyl (C=O) groups is 1. The predicted octanol–water partition coefficient (Wildman–Crippen LogP) is 3.93. The zero-order valence-electron chi connectivity index (χ0n) is 14.6. The number of amides is 1. The molecule has 1 amide bonds. The second-order valence-electron chi connectivity index (χ2n) is 5.86. The van der Waals surface area contributed by atoms with E-state index in [-0.39, 0.29) is 5.82 Å². The minimum absolute atomic E-state index is 0.315. The van der Waals surface area contributed by atoms with Crippen molar-refractivity contribution in [2.24, 2.45) is 5.10 Å². The lowest BCUT2D eigenvalue weighted by atomic mass is 10.1. The molecule has 0 saturated heterocycles. The highest BCUT2D eigenvalue weighted by molar-refractivity contribution is 6.00. The van der Waals surface area contributed by atoms with E-state index in [2.05, 4.69) is 27.6 Å². The smallest absolute Gasteiger partial charge is 0.272 e. The highest BCUT2D eigenvalue weighted by atomic mass is 19.1. The largest absolute Gasteiger partial charge is 0.289 e. The van der Waals surface area contributed by atoms with Gasteiger partial charge in [0.05, 0.1) is 11.4 Å². The number of H-pyrrole nitrogens is 1. The molecule has 0 fully saturated rings. The van der Waals surface area contributed by atoms with Crippen LogP contribution in [0.5, 0.6) is 0 Å². The third kappa shape index (κ3) is 4.03. The van der Waals surface area contributed by atoms with Crippen molar-refractivity contribution in [3.05, 3.63) is 77.2 Å². The maximum Gasteiger partial charge on any atom is 0.289 e. The first-order valence-electron chi connectivity index (χ1n) is 8.32. The van der Waals surface area contributed by atoms with Crippen molar-refractivity contribution in [2.45, 2.75) is 20.3 Å². The topological polar surface area (TPSA) is 70.1 Å². The van der Waals surface area contributed by atoms with Gasteiger partial charge in [0.2, 0.25) is 0 Å². The summed E-state index contributed by atoms with van der Waals surface area (Å²) in [5.74, 6) is -0.710. The Morgan fingerprint density at radius 2 is 1.85 bits per heavy atom. The summed E-state index contributed by atoms with van der Waals surface area (Å²) in [5, 5.41) is 11.0. The number of hydrazone groups is 1. The van der Waals surface area contributed by atoms with Gasteiger partial charge >= 0.3 is 0 Å². The summed E-state index contributed by atoms with van der Waals surface area (Å²) in [6.07, 6.45) is 0.972. The van der Waals surface area contributed by atoms with E-state index in [4.69, 9.17) is 0 Å². The fourth-order valence-electron chi connectivity index (χ4n) is 2.45. The van der Waals surface area contributed by atoms with Crippen LogP contribution in [0.4, 0.5) is 4.39 Å². The molecule has 2 aromatic carbocycles. The number of nitrogens with zero attached hydrogens (tertiary/aromatic N) is 2. The Bertz CT molecular complexity index is 927. The molecule has 26 heavy (non-hydrogen) atoms. The van der Waals surface area contributed by atoms with E-state index in [1.165, 1.54) is 17.7 Å². The average molecular weight is 350 g/mol. The van der Waals surface area contributed by atoms with Crippen molar-refractivity contribution in [1.29, 1.82) is 0 Å². The number of rotatable bonds is 5. The first-order chi connectivity index (χ1) is 12.6. The molecule has 3 aromatic rings. The number of hydrogen-bond donors (Lipinski definition) is 2. The van der Waals surface area contributed by atoms with Gasteiger partial charge in [-0.05, 0) is 42.7 Å². The van der Waals surface area contributed by atoms with Gasteiger partial charge in [-0.25, -0.2) is 9.82 Å². The van der Waals surface area contributed by atoms with Gasteiger partial charge in [0.25, 0.3) is 5.91 Å². The molecule has 0 radical (unpaired) electrons. The first-order valence-corrected chi connectivity index (χ1v) is 8.32. The molecule has 0 atom stereocenters. The molecule has 3 rings (SSSR count). The average Bonchev–Trinajstić information content (AvgIpc) is 3.17. The molecule has 0 spiro atoms.